The number of halogens is 1. The molecule has 0 spiro atoms. The molecule has 1 N–H and O–H groups in total. The van der Waals surface area contributed by atoms with E-state index in [9.17, 15) is 10.1 Å². The summed E-state index contributed by atoms with van der Waals surface area (Å²) in [5.74, 6) is 0.355. The largest absolute Gasteiger partial charge is 0.396 e. The van der Waals surface area contributed by atoms with Crippen molar-refractivity contribution >= 4 is 23.0 Å². The zero-order valence-electron chi connectivity index (χ0n) is 10.8. The number of aryl methyl sites for hydroxylation is 1. The van der Waals surface area contributed by atoms with Crippen molar-refractivity contribution in [2.45, 2.75) is 19.8 Å². The van der Waals surface area contributed by atoms with Gasteiger partial charge in [-0.1, -0.05) is 11.6 Å². The van der Waals surface area contributed by atoms with Crippen molar-refractivity contribution in [3.8, 4) is 0 Å². The van der Waals surface area contributed by atoms with Crippen LogP contribution < -0.4 is 4.90 Å². The monoisotopic (exact) mass is 284 g/mol. The summed E-state index contributed by atoms with van der Waals surface area (Å²) < 4.78 is 0. The summed E-state index contributed by atoms with van der Waals surface area (Å²) in [4.78, 5) is 12.5. The van der Waals surface area contributed by atoms with Crippen molar-refractivity contribution in [1.29, 1.82) is 0 Å². The molecule has 6 heteroatoms. The molecule has 1 fully saturated rings. The summed E-state index contributed by atoms with van der Waals surface area (Å²) in [5.41, 5.74) is 1.72. The molecule has 0 unspecified atom stereocenters. The average Bonchev–Trinajstić information content (AvgIpc) is 2.38. The predicted octanol–water partition coefficient (Wildman–Crippen LogP) is 2.77. The van der Waals surface area contributed by atoms with Gasteiger partial charge in [0, 0.05) is 31.8 Å². The number of anilines is 1. The Morgan fingerprint density at radius 2 is 2.11 bits per heavy atom. The molecule has 1 aliphatic rings. The molecular formula is C13H17ClN2O3. The summed E-state index contributed by atoms with van der Waals surface area (Å²) in [7, 11) is 0. The fraction of sp³-hybridized carbons (Fsp3) is 0.538. The van der Waals surface area contributed by atoms with Gasteiger partial charge in [-0.25, -0.2) is 0 Å². The SMILES string of the molecule is Cc1cc([N+](=O)[O-])cc(Cl)c1N1CCC(CO)CC1. The van der Waals surface area contributed by atoms with E-state index >= 15 is 0 Å². The van der Waals surface area contributed by atoms with Crippen LogP contribution in [0, 0.1) is 23.0 Å². The maximum Gasteiger partial charge on any atom is 0.271 e. The number of nitro groups is 1. The highest BCUT2D eigenvalue weighted by Crippen LogP contribution is 2.35. The molecule has 1 aromatic rings. The summed E-state index contributed by atoms with van der Waals surface area (Å²) in [6.07, 6.45) is 1.84. The smallest absolute Gasteiger partial charge is 0.271 e. The van der Waals surface area contributed by atoms with Gasteiger partial charge in [0.1, 0.15) is 0 Å². The van der Waals surface area contributed by atoms with E-state index in [2.05, 4.69) is 4.90 Å². The minimum absolute atomic E-state index is 0.0245. The van der Waals surface area contributed by atoms with Crippen LogP contribution in [0.5, 0.6) is 0 Å². The molecular weight excluding hydrogens is 268 g/mol. The number of non-ortho nitro benzene ring substituents is 1. The molecule has 2 rings (SSSR count). The van der Waals surface area contributed by atoms with E-state index in [1.807, 2.05) is 6.92 Å². The van der Waals surface area contributed by atoms with Gasteiger partial charge in [-0.2, -0.15) is 0 Å². The summed E-state index contributed by atoms with van der Waals surface area (Å²) in [5, 5.41) is 20.3. The van der Waals surface area contributed by atoms with Crippen LogP contribution in [0.4, 0.5) is 11.4 Å². The minimum atomic E-state index is -0.430. The third kappa shape index (κ3) is 2.98. The van der Waals surface area contributed by atoms with Crippen LogP contribution >= 0.6 is 11.6 Å². The molecule has 0 radical (unpaired) electrons. The number of nitro benzene ring substituents is 1. The van der Waals surface area contributed by atoms with Gasteiger partial charge in [-0.05, 0) is 31.2 Å². The molecule has 0 aliphatic carbocycles. The Balaban J connectivity index is 2.24. The molecule has 104 valence electrons. The van der Waals surface area contributed by atoms with Crippen molar-refractivity contribution in [3.05, 3.63) is 32.8 Å². The standard InChI is InChI=1S/C13H17ClN2O3/c1-9-6-11(16(18)19)7-12(14)13(9)15-4-2-10(8-17)3-5-15/h6-7,10,17H,2-5,8H2,1H3. The number of hydrogen-bond acceptors (Lipinski definition) is 4. The molecule has 1 heterocycles. The molecule has 0 amide bonds. The van der Waals surface area contributed by atoms with Gasteiger partial charge in [0.15, 0.2) is 0 Å². The van der Waals surface area contributed by atoms with Gasteiger partial charge < -0.3 is 10.0 Å². The topological polar surface area (TPSA) is 66.6 Å². The fourth-order valence-electron chi connectivity index (χ4n) is 2.56. The van der Waals surface area contributed by atoms with Crippen LogP contribution in [-0.4, -0.2) is 29.7 Å². The van der Waals surface area contributed by atoms with Gasteiger partial charge in [0.25, 0.3) is 5.69 Å². The Bertz CT molecular complexity index is 462. The second-order valence-electron chi connectivity index (χ2n) is 4.96. The molecule has 0 aromatic heterocycles. The van der Waals surface area contributed by atoms with Crippen LogP contribution in [0.15, 0.2) is 12.1 Å². The molecule has 1 aromatic carbocycles. The molecule has 0 saturated carbocycles. The summed E-state index contributed by atoms with van der Waals surface area (Å²) in [6.45, 7) is 3.71. The Hall–Kier alpha value is -1.33. The number of benzene rings is 1. The zero-order chi connectivity index (χ0) is 14.0. The lowest BCUT2D eigenvalue weighted by molar-refractivity contribution is -0.384. The van der Waals surface area contributed by atoms with Gasteiger partial charge in [0.05, 0.1) is 15.6 Å². The van der Waals surface area contributed by atoms with E-state index in [4.69, 9.17) is 16.7 Å². The van der Waals surface area contributed by atoms with E-state index in [1.165, 1.54) is 6.07 Å². The van der Waals surface area contributed by atoms with Gasteiger partial charge in [0.2, 0.25) is 0 Å². The Kier molecular flexibility index (Phi) is 4.27. The maximum absolute atomic E-state index is 10.8. The second-order valence-corrected chi connectivity index (χ2v) is 5.37. The highest BCUT2D eigenvalue weighted by molar-refractivity contribution is 6.33. The van der Waals surface area contributed by atoms with Gasteiger partial charge in [-0.3, -0.25) is 10.1 Å². The molecule has 0 atom stereocenters. The van der Waals surface area contributed by atoms with Gasteiger partial charge >= 0.3 is 0 Å². The molecule has 19 heavy (non-hydrogen) atoms. The van der Waals surface area contributed by atoms with Crippen molar-refractivity contribution in [1.82, 2.24) is 0 Å². The van der Waals surface area contributed by atoms with E-state index in [-0.39, 0.29) is 12.3 Å². The van der Waals surface area contributed by atoms with E-state index in [0.717, 1.165) is 37.2 Å². The normalized spacial score (nSPS) is 16.7. The highest BCUT2D eigenvalue weighted by Gasteiger charge is 2.23. The number of aliphatic hydroxyl groups is 1. The van der Waals surface area contributed by atoms with Crippen LogP contribution in [-0.2, 0) is 0 Å². The van der Waals surface area contributed by atoms with Crippen molar-refractivity contribution in [2.24, 2.45) is 5.92 Å². The molecule has 1 aliphatic heterocycles. The predicted molar refractivity (Wildman–Crippen MR) is 74.9 cm³/mol. The lowest BCUT2D eigenvalue weighted by Crippen LogP contribution is -2.35. The number of hydrogen-bond donors (Lipinski definition) is 1. The first-order chi connectivity index (χ1) is 9.02. The average molecular weight is 285 g/mol. The third-order valence-electron chi connectivity index (χ3n) is 3.64. The summed E-state index contributed by atoms with van der Waals surface area (Å²) in [6, 6.07) is 2.96. The molecule has 1 saturated heterocycles. The van der Waals surface area contributed by atoms with Crippen LogP contribution in [0.1, 0.15) is 18.4 Å². The zero-order valence-corrected chi connectivity index (χ0v) is 11.6. The van der Waals surface area contributed by atoms with E-state index in [1.54, 1.807) is 6.07 Å². The Labute approximate surface area is 116 Å². The van der Waals surface area contributed by atoms with Crippen molar-refractivity contribution in [2.75, 3.05) is 24.6 Å². The first-order valence-electron chi connectivity index (χ1n) is 6.33. The van der Waals surface area contributed by atoms with Crippen LogP contribution in [0.3, 0.4) is 0 Å². The van der Waals surface area contributed by atoms with Crippen LogP contribution in [0.2, 0.25) is 5.02 Å². The van der Waals surface area contributed by atoms with Gasteiger partial charge in [-0.15, -0.1) is 0 Å². The number of aliphatic hydroxyl groups excluding tert-OH is 1. The minimum Gasteiger partial charge on any atom is -0.396 e. The quantitative estimate of drug-likeness (QED) is 0.684. The Morgan fingerprint density at radius 3 is 2.58 bits per heavy atom. The Morgan fingerprint density at radius 1 is 1.47 bits per heavy atom. The first-order valence-corrected chi connectivity index (χ1v) is 6.71. The van der Waals surface area contributed by atoms with Crippen molar-refractivity contribution in [3.63, 3.8) is 0 Å². The number of rotatable bonds is 3. The molecule has 5 nitrogen and oxygen atoms in total. The number of nitrogens with zero attached hydrogens (tertiary/aromatic N) is 2. The number of piperidine rings is 1. The van der Waals surface area contributed by atoms with E-state index in [0.29, 0.717) is 10.9 Å². The summed E-state index contributed by atoms with van der Waals surface area (Å²) >= 11 is 6.19. The van der Waals surface area contributed by atoms with Crippen molar-refractivity contribution < 1.29 is 10.0 Å². The fourth-order valence-corrected chi connectivity index (χ4v) is 2.94. The second kappa shape index (κ2) is 5.75. The van der Waals surface area contributed by atoms with E-state index < -0.39 is 4.92 Å². The maximum atomic E-state index is 10.8. The van der Waals surface area contributed by atoms with Crippen LogP contribution in [0.25, 0.3) is 0 Å². The lowest BCUT2D eigenvalue weighted by atomic mass is 9.97. The lowest BCUT2D eigenvalue weighted by Gasteiger charge is -2.34. The highest BCUT2D eigenvalue weighted by atomic mass is 35.5. The third-order valence-corrected chi connectivity index (χ3v) is 3.93. The molecule has 0 bridgehead atoms. The first kappa shape index (κ1) is 14.1.